The molecule has 2 unspecified atom stereocenters. The van der Waals surface area contributed by atoms with E-state index >= 15 is 0 Å². The lowest BCUT2D eigenvalue weighted by Gasteiger charge is -2.48. The number of piperidine rings is 2. The van der Waals surface area contributed by atoms with Gasteiger partial charge in [-0.25, -0.2) is 4.79 Å². The summed E-state index contributed by atoms with van der Waals surface area (Å²) in [6.45, 7) is 1.46. The van der Waals surface area contributed by atoms with Gasteiger partial charge >= 0.3 is 6.09 Å². The molecule has 1 aromatic rings. The number of ketones is 1. The van der Waals surface area contributed by atoms with Gasteiger partial charge in [0.25, 0.3) is 0 Å². The molecule has 5 heteroatoms. The number of benzene rings is 1. The van der Waals surface area contributed by atoms with E-state index in [1.807, 2.05) is 35.2 Å². The number of ether oxygens (including phenoxy) is 2. The van der Waals surface area contributed by atoms with Gasteiger partial charge < -0.3 is 14.4 Å². The maximum absolute atomic E-state index is 12.7. The Morgan fingerprint density at radius 1 is 1.04 bits per heavy atom. The van der Waals surface area contributed by atoms with Crippen molar-refractivity contribution in [2.75, 3.05) is 13.2 Å². The molecule has 3 aliphatic heterocycles. The van der Waals surface area contributed by atoms with Crippen LogP contribution in [0, 0.1) is 11.8 Å². The number of Topliss-reactive ketones (excluding diaryl/α,β-unsaturated/α-hetero) is 1. The van der Waals surface area contributed by atoms with E-state index in [-0.39, 0.29) is 30.0 Å². The van der Waals surface area contributed by atoms with Crippen LogP contribution in [0.2, 0.25) is 0 Å². The predicted octanol–water partition coefficient (Wildman–Crippen LogP) is 3.17. The minimum absolute atomic E-state index is 0.0855. The SMILES string of the molecule is O=C(C1COC1)C1CC2CCCC(C1)N2C(=O)OCc1ccccc1. The lowest BCUT2D eigenvalue weighted by molar-refractivity contribution is -0.144. The van der Waals surface area contributed by atoms with Crippen LogP contribution in [0.3, 0.4) is 0 Å². The number of hydrogen-bond acceptors (Lipinski definition) is 4. The van der Waals surface area contributed by atoms with Crippen LogP contribution >= 0.6 is 0 Å². The molecule has 0 N–H and O–H groups in total. The molecule has 1 aromatic carbocycles. The molecule has 4 rings (SSSR count). The van der Waals surface area contributed by atoms with E-state index in [1.54, 1.807) is 0 Å². The van der Waals surface area contributed by atoms with Crippen LogP contribution in [-0.4, -0.2) is 42.1 Å². The van der Waals surface area contributed by atoms with Gasteiger partial charge in [-0.15, -0.1) is 0 Å². The van der Waals surface area contributed by atoms with Crippen molar-refractivity contribution in [2.45, 2.75) is 50.8 Å². The number of amides is 1. The van der Waals surface area contributed by atoms with Crippen LogP contribution in [-0.2, 0) is 20.9 Å². The van der Waals surface area contributed by atoms with E-state index in [0.29, 0.717) is 25.6 Å². The highest BCUT2D eigenvalue weighted by molar-refractivity contribution is 5.84. The molecule has 3 heterocycles. The van der Waals surface area contributed by atoms with Gasteiger partial charge in [0.2, 0.25) is 0 Å². The summed E-state index contributed by atoms with van der Waals surface area (Å²) < 4.78 is 10.7. The molecule has 5 nitrogen and oxygen atoms in total. The Morgan fingerprint density at radius 3 is 2.32 bits per heavy atom. The summed E-state index contributed by atoms with van der Waals surface area (Å²) in [7, 11) is 0. The summed E-state index contributed by atoms with van der Waals surface area (Å²) >= 11 is 0. The highest BCUT2D eigenvalue weighted by Crippen LogP contribution is 2.39. The Hall–Kier alpha value is -1.88. The van der Waals surface area contributed by atoms with Crippen LogP contribution in [0.5, 0.6) is 0 Å². The summed E-state index contributed by atoms with van der Waals surface area (Å²) in [6.07, 6.45) is 4.42. The number of nitrogens with zero attached hydrogens (tertiary/aromatic N) is 1. The second-order valence-electron chi connectivity index (χ2n) is 7.49. The van der Waals surface area contributed by atoms with Crippen molar-refractivity contribution < 1.29 is 19.1 Å². The van der Waals surface area contributed by atoms with Gasteiger partial charge in [0.15, 0.2) is 0 Å². The van der Waals surface area contributed by atoms with E-state index in [1.165, 1.54) is 0 Å². The molecule has 0 radical (unpaired) electrons. The average molecular weight is 343 g/mol. The summed E-state index contributed by atoms with van der Waals surface area (Å²) in [6, 6.07) is 10.0. The van der Waals surface area contributed by atoms with Crippen LogP contribution in [0.25, 0.3) is 0 Å². The summed E-state index contributed by atoms with van der Waals surface area (Å²) in [5, 5.41) is 0. The third-order valence-corrected chi connectivity index (χ3v) is 5.83. The molecule has 3 fully saturated rings. The zero-order chi connectivity index (χ0) is 17.2. The molecule has 2 atom stereocenters. The Kier molecular flexibility index (Phi) is 4.75. The molecule has 0 aromatic heterocycles. The topological polar surface area (TPSA) is 55.8 Å². The fraction of sp³-hybridized carbons (Fsp3) is 0.600. The third kappa shape index (κ3) is 3.43. The summed E-state index contributed by atoms with van der Waals surface area (Å²) in [5.74, 6) is 0.519. The molecule has 0 saturated carbocycles. The minimum Gasteiger partial charge on any atom is -0.445 e. The first-order chi connectivity index (χ1) is 12.2. The molecular formula is C20H25NO4. The van der Waals surface area contributed by atoms with Crippen molar-refractivity contribution in [3.05, 3.63) is 35.9 Å². The first kappa shape index (κ1) is 16.6. The Morgan fingerprint density at radius 2 is 1.72 bits per heavy atom. The number of hydrogen-bond donors (Lipinski definition) is 0. The largest absolute Gasteiger partial charge is 0.445 e. The quantitative estimate of drug-likeness (QED) is 0.843. The van der Waals surface area contributed by atoms with Crippen molar-refractivity contribution in [1.29, 1.82) is 0 Å². The van der Waals surface area contributed by atoms with Crippen LogP contribution < -0.4 is 0 Å². The molecular weight excluding hydrogens is 318 g/mol. The highest BCUT2D eigenvalue weighted by Gasteiger charge is 2.45. The monoisotopic (exact) mass is 343 g/mol. The molecule has 25 heavy (non-hydrogen) atoms. The van der Waals surface area contributed by atoms with Gasteiger partial charge in [-0.05, 0) is 37.7 Å². The van der Waals surface area contributed by atoms with Gasteiger partial charge in [0.05, 0.1) is 19.1 Å². The standard InChI is InChI=1S/C20H25NO4/c22-19(16-12-24-13-16)15-9-17-7-4-8-18(10-15)21(17)20(23)25-11-14-5-2-1-3-6-14/h1-3,5-6,15-18H,4,7-13H2. The van der Waals surface area contributed by atoms with Crippen molar-refractivity contribution in [2.24, 2.45) is 11.8 Å². The summed E-state index contributed by atoms with van der Waals surface area (Å²) in [5.41, 5.74) is 0.996. The first-order valence-electron chi connectivity index (χ1n) is 9.33. The fourth-order valence-electron chi connectivity index (χ4n) is 4.44. The predicted molar refractivity (Wildman–Crippen MR) is 91.9 cm³/mol. The van der Waals surface area contributed by atoms with Crippen LogP contribution in [0.1, 0.15) is 37.7 Å². The molecule has 0 aliphatic carbocycles. The lowest BCUT2D eigenvalue weighted by Crippen LogP contribution is -2.56. The fourth-order valence-corrected chi connectivity index (χ4v) is 4.44. The third-order valence-electron chi connectivity index (χ3n) is 5.83. The first-order valence-corrected chi connectivity index (χ1v) is 9.33. The van der Waals surface area contributed by atoms with Gasteiger partial charge in [0.1, 0.15) is 12.4 Å². The number of carbonyl (C=O) groups excluding carboxylic acids is 2. The van der Waals surface area contributed by atoms with Gasteiger partial charge in [-0.3, -0.25) is 4.79 Å². The maximum atomic E-state index is 12.7. The van der Waals surface area contributed by atoms with Gasteiger partial charge in [-0.1, -0.05) is 30.3 Å². The molecule has 3 saturated heterocycles. The van der Waals surface area contributed by atoms with Crippen molar-refractivity contribution >= 4 is 11.9 Å². The summed E-state index contributed by atoms with van der Waals surface area (Å²) in [4.78, 5) is 27.2. The van der Waals surface area contributed by atoms with E-state index in [9.17, 15) is 9.59 Å². The second kappa shape index (κ2) is 7.16. The van der Waals surface area contributed by atoms with Crippen LogP contribution in [0.4, 0.5) is 4.79 Å². The zero-order valence-electron chi connectivity index (χ0n) is 14.4. The number of carbonyl (C=O) groups is 2. The van der Waals surface area contributed by atoms with E-state index in [0.717, 1.165) is 37.7 Å². The molecule has 0 spiro atoms. The molecule has 134 valence electrons. The highest BCUT2D eigenvalue weighted by atomic mass is 16.6. The van der Waals surface area contributed by atoms with E-state index in [4.69, 9.17) is 9.47 Å². The minimum atomic E-state index is -0.226. The van der Waals surface area contributed by atoms with Crippen LogP contribution in [0.15, 0.2) is 30.3 Å². The number of fused-ring (bicyclic) bond motifs is 2. The van der Waals surface area contributed by atoms with Crippen molar-refractivity contribution in [3.63, 3.8) is 0 Å². The molecule has 3 aliphatic rings. The lowest BCUT2D eigenvalue weighted by atomic mass is 9.74. The van der Waals surface area contributed by atoms with Gasteiger partial charge in [-0.2, -0.15) is 0 Å². The molecule has 1 amide bonds. The average Bonchev–Trinajstić information content (AvgIpc) is 2.58. The Bertz CT molecular complexity index is 614. The van der Waals surface area contributed by atoms with Crippen molar-refractivity contribution in [1.82, 2.24) is 4.90 Å². The smallest absolute Gasteiger partial charge is 0.410 e. The normalized spacial score (nSPS) is 29.0. The maximum Gasteiger partial charge on any atom is 0.410 e. The Balaban J connectivity index is 1.38. The Labute approximate surface area is 148 Å². The van der Waals surface area contributed by atoms with Crippen molar-refractivity contribution in [3.8, 4) is 0 Å². The zero-order valence-corrected chi connectivity index (χ0v) is 14.4. The van der Waals surface area contributed by atoms with Gasteiger partial charge in [0, 0.05) is 18.0 Å². The molecule has 2 bridgehead atoms. The van der Waals surface area contributed by atoms with E-state index < -0.39 is 0 Å². The van der Waals surface area contributed by atoms with E-state index in [2.05, 4.69) is 0 Å². The number of rotatable bonds is 4. The second-order valence-corrected chi connectivity index (χ2v) is 7.49.